The van der Waals surface area contributed by atoms with Gasteiger partial charge in [-0.3, -0.25) is 0 Å². The van der Waals surface area contributed by atoms with Gasteiger partial charge in [-0.1, -0.05) is 25.4 Å². The van der Waals surface area contributed by atoms with Gasteiger partial charge in [-0.25, -0.2) is 8.42 Å². The van der Waals surface area contributed by atoms with E-state index in [0.29, 0.717) is 19.1 Å². The molecule has 0 N–H and O–H groups in total. The molecule has 0 bridgehead atoms. The van der Waals surface area contributed by atoms with Crippen molar-refractivity contribution in [2.75, 3.05) is 25.6 Å². The van der Waals surface area contributed by atoms with Crippen molar-refractivity contribution in [2.24, 2.45) is 0 Å². The zero-order chi connectivity index (χ0) is 16.0. The summed E-state index contributed by atoms with van der Waals surface area (Å²) in [6.07, 6.45) is 0. The van der Waals surface area contributed by atoms with E-state index in [1.165, 1.54) is 0 Å². The normalized spacial score (nSPS) is 11.9. The monoisotopic (exact) mass is 354 g/mol. The SMILES string of the molecule is Cc1cc(Cl)c(C(C)C)cc1OCCOCCS(=O)(=O)Cl. The first-order valence-corrected chi connectivity index (χ1v) is 9.49. The van der Waals surface area contributed by atoms with Crippen molar-refractivity contribution in [3.05, 3.63) is 28.3 Å². The molecule has 0 atom stereocenters. The first-order valence-electron chi connectivity index (χ1n) is 6.63. The highest BCUT2D eigenvalue weighted by Gasteiger charge is 2.10. The molecule has 0 aliphatic rings. The maximum absolute atomic E-state index is 10.7. The molecule has 0 heterocycles. The van der Waals surface area contributed by atoms with Gasteiger partial charge >= 0.3 is 0 Å². The molecule has 4 nitrogen and oxygen atoms in total. The molecular formula is C14H20Cl2O4S. The summed E-state index contributed by atoms with van der Waals surface area (Å²) in [6, 6.07) is 3.82. The number of halogens is 2. The maximum Gasteiger partial charge on any atom is 0.234 e. The van der Waals surface area contributed by atoms with E-state index >= 15 is 0 Å². The van der Waals surface area contributed by atoms with Crippen LogP contribution in [0.5, 0.6) is 5.75 Å². The molecule has 0 saturated heterocycles. The fourth-order valence-corrected chi connectivity index (χ4v) is 2.68. The Bertz CT molecular complexity index is 571. The van der Waals surface area contributed by atoms with Crippen molar-refractivity contribution < 1.29 is 17.9 Å². The molecule has 1 aromatic carbocycles. The van der Waals surface area contributed by atoms with Gasteiger partial charge < -0.3 is 9.47 Å². The van der Waals surface area contributed by atoms with Gasteiger partial charge in [0.25, 0.3) is 0 Å². The Morgan fingerprint density at radius 2 is 1.86 bits per heavy atom. The number of ether oxygens (including phenoxy) is 2. The Balaban J connectivity index is 2.47. The predicted molar refractivity (Wildman–Crippen MR) is 86.2 cm³/mol. The van der Waals surface area contributed by atoms with Crippen LogP contribution in [0.4, 0.5) is 0 Å². The van der Waals surface area contributed by atoms with Gasteiger partial charge in [-0.2, -0.15) is 0 Å². The largest absolute Gasteiger partial charge is 0.491 e. The summed E-state index contributed by atoms with van der Waals surface area (Å²) >= 11 is 6.19. The number of hydrogen-bond acceptors (Lipinski definition) is 4. The lowest BCUT2D eigenvalue weighted by molar-refractivity contribution is 0.111. The number of rotatable bonds is 8. The Morgan fingerprint density at radius 3 is 2.43 bits per heavy atom. The van der Waals surface area contributed by atoms with Crippen LogP contribution in [0.2, 0.25) is 5.02 Å². The van der Waals surface area contributed by atoms with Crippen LogP contribution in [0.3, 0.4) is 0 Å². The smallest absolute Gasteiger partial charge is 0.234 e. The molecule has 0 saturated carbocycles. The second-order valence-corrected chi connectivity index (χ2v) is 8.30. The second kappa shape index (κ2) is 8.22. The van der Waals surface area contributed by atoms with Crippen molar-refractivity contribution in [2.45, 2.75) is 26.7 Å². The van der Waals surface area contributed by atoms with Gasteiger partial charge in [0.2, 0.25) is 9.05 Å². The topological polar surface area (TPSA) is 52.6 Å². The van der Waals surface area contributed by atoms with Crippen LogP contribution in [-0.4, -0.2) is 34.0 Å². The van der Waals surface area contributed by atoms with E-state index in [0.717, 1.165) is 21.9 Å². The summed E-state index contributed by atoms with van der Waals surface area (Å²) in [6.45, 7) is 6.75. The summed E-state index contributed by atoms with van der Waals surface area (Å²) in [4.78, 5) is 0. The number of hydrogen-bond donors (Lipinski definition) is 0. The third kappa shape index (κ3) is 6.87. The second-order valence-electron chi connectivity index (χ2n) is 5.00. The molecule has 21 heavy (non-hydrogen) atoms. The summed E-state index contributed by atoms with van der Waals surface area (Å²) in [5, 5.41) is 0.735. The fourth-order valence-electron chi connectivity index (χ4n) is 1.74. The molecule has 0 radical (unpaired) electrons. The van der Waals surface area contributed by atoms with Crippen molar-refractivity contribution >= 4 is 31.3 Å². The Kier molecular flexibility index (Phi) is 7.27. The molecule has 1 aromatic rings. The first kappa shape index (κ1) is 18.6. The molecule has 7 heteroatoms. The summed E-state index contributed by atoms with van der Waals surface area (Å²) < 4.78 is 32.2. The van der Waals surface area contributed by atoms with Crippen LogP contribution in [0.15, 0.2) is 12.1 Å². The highest BCUT2D eigenvalue weighted by Crippen LogP contribution is 2.31. The summed E-state index contributed by atoms with van der Waals surface area (Å²) in [5.41, 5.74) is 1.99. The first-order chi connectivity index (χ1) is 9.70. The molecule has 0 aromatic heterocycles. The van der Waals surface area contributed by atoms with E-state index in [9.17, 15) is 8.42 Å². The predicted octanol–water partition coefficient (Wildman–Crippen LogP) is 3.74. The Hall–Kier alpha value is -0.490. The van der Waals surface area contributed by atoms with E-state index in [1.807, 2.05) is 19.1 Å². The van der Waals surface area contributed by atoms with E-state index in [-0.39, 0.29) is 12.4 Å². The minimum Gasteiger partial charge on any atom is -0.491 e. The summed E-state index contributed by atoms with van der Waals surface area (Å²) in [7, 11) is 1.57. The minimum atomic E-state index is -3.50. The Labute approximate surface area is 135 Å². The van der Waals surface area contributed by atoms with Gasteiger partial charge in [0.15, 0.2) is 0 Å². The number of benzene rings is 1. The lowest BCUT2D eigenvalue weighted by atomic mass is 10.0. The quantitative estimate of drug-likeness (QED) is 0.527. The lowest BCUT2D eigenvalue weighted by Gasteiger charge is -2.14. The van der Waals surface area contributed by atoms with E-state index < -0.39 is 9.05 Å². The minimum absolute atomic E-state index is 0.0615. The Morgan fingerprint density at radius 1 is 1.19 bits per heavy atom. The van der Waals surface area contributed by atoms with Crippen molar-refractivity contribution in [3.63, 3.8) is 0 Å². The molecule has 1 rings (SSSR count). The van der Waals surface area contributed by atoms with Crippen LogP contribution in [0, 0.1) is 6.92 Å². The molecule has 0 aliphatic carbocycles. The standard InChI is InChI=1S/C14H20Cl2O4S/c1-10(2)12-9-14(11(3)8-13(12)15)20-5-4-19-6-7-21(16,17)18/h8-10H,4-7H2,1-3H3. The third-order valence-electron chi connectivity index (χ3n) is 2.87. The van der Waals surface area contributed by atoms with Gasteiger partial charge in [0.1, 0.15) is 12.4 Å². The molecule has 0 fully saturated rings. The van der Waals surface area contributed by atoms with Crippen molar-refractivity contribution in [3.8, 4) is 5.75 Å². The molecule has 0 unspecified atom stereocenters. The van der Waals surface area contributed by atoms with Crippen LogP contribution in [0.1, 0.15) is 30.9 Å². The zero-order valence-electron chi connectivity index (χ0n) is 12.4. The molecule has 120 valence electrons. The fraction of sp³-hybridized carbons (Fsp3) is 0.571. The highest BCUT2D eigenvalue weighted by molar-refractivity contribution is 8.13. The van der Waals surface area contributed by atoms with Gasteiger partial charge in [0.05, 0.1) is 19.0 Å². The van der Waals surface area contributed by atoms with Crippen LogP contribution >= 0.6 is 22.3 Å². The molecular weight excluding hydrogens is 335 g/mol. The van der Waals surface area contributed by atoms with E-state index in [4.69, 9.17) is 31.8 Å². The van der Waals surface area contributed by atoms with E-state index in [1.54, 1.807) is 0 Å². The van der Waals surface area contributed by atoms with E-state index in [2.05, 4.69) is 13.8 Å². The maximum atomic E-state index is 10.7. The van der Waals surface area contributed by atoms with Crippen molar-refractivity contribution in [1.29, 1.82) is 0 Å². The van der Waals surface area contributed by atoms with Gasteiger partial charge in [-0.15, -0.1) is 0 Å². The highest BCUT2D eigenvalue weighted by atomic mass is 35.7. The van der Waals surface area contributed by atoms with Crippen molar-refractivity contribution in [1.82, 2.24) is 0 Å². The number of aryl methyl sites for hydroxylation is 1. The molecule has 0 spiro atoms. The van der Waals surface area contributed by atoms with Crippen LogP contribution in [0.25, 0.3) is 0 Å². The van der Waals surface area contributed by atoms with Crippen LogP contribution < -0.4 is 4.74 Å². The van der Waals surface area contributed by atoms with Crippen LogP contribution in [-0.2, 0) is 13.8 Å². The summed E-state index contributed by atoms with van der Waals surface area (Å²) in [5.74, 6) is 0.869. The lowest BCUT2D eigenvalue weighted by Crippen LogP contribution is -2.12. The zero-order valence-corrected chi connectivity index (χ0v) is 14.7. The van der Waals surface area contributed by atoms with Gasteiger partial charge in [-0.05, 0) is 36.1 Å². The molecule has 0 aliphatic heterocycles. The average molecular weight is 355 g/mol. The molecule has 0 amide bonds. The van der Waals surface area contributed by atoms with Gasteiger partial charge in [0, 0.05) is 15.7 Å². The average Bonchev–Trinajstić information content (AvgIpc) is 2.33. The third-order valence-corrected chi connectivity index (χ3v) is 4.32.